The summed E-state index contributed by atoms with van der Waals surface area (Å²) in [6.07, 6.45) is 10.7. The maximum Gasteiger partial charge on any atom is 0.347 e. The Morgan fingerprint density at radius 3 is 2.52 bits per heavy atom. The highest BCUT2D eigenvalue weighted by Gasteiger charge is 2.31. The van der Waals surface area contributed by atoms with Crippen molar-refractivity contribution in [3.05, 3.63) is 72.3 Å². The number of hydrogen-bond donors (Lipinski definition) is 3. The van der Waals surface area contributed by atoms with Crippen molar-refractivity contribution >= 4 is 39.7 Å². The van der Waals surface area contributed by atoms with Crippen LogP contribution >= 0.6 is 0 Å². The molecule has 2 amide bonds. The number of carbonyl (C=O) groups is 3. The molecule has 1 fully saturated rings. The van der Waals surface area contributed by atoms with Crippen molar-refractivity contribution in [2.75, 3.05) is 0 Å². The van der Waals surface area contributed by atoms with E-state index in [4.69, 9.17) is 19.9 Å². The Kier molecular flexibility index (Phi) is 7.40. The molecule has 0 aliphatic heterocycles. The average molecular weight is 598 g/mol. The lowest BCUT2D eigenvalue weighted by atomic mass is 9.95. The highest BCUT2D eigenvalue weighted by molar-refractivity contribution is 6.01. The Bertz CT molecular complexity index is 1880. The zero-order chi connectivity index (χ0) is 31.2. The minimum absolute atomic E-state index is 0.305. The molecule has 2 aromatic carbocycles. The van der Waals surface area contributed by atoms with E-state index in [1.807, 2.05) is 19.2 Å². The van der Waals surface area contributed by atoms with Gasteiger partial charge in [0.2, 0.25) is 5.91 Å². The van der Waals surface area contributed by atoms with Gasteiger partial charge in [0, 0.05) is 41.3 Å². The SMILES string of the molecule is Cn1cc([C@H](NC(=O)c2ccc3c(c2)nc(-c2ccoc2)n3C2CCCCC2)C(N)=O)c2cc(OC(C)(C)C(=O)O)ccc21. The van der Waals surface area contributed by atoms with Crippen LogP contribution < -0.4 is 15.8 Å². The molecule has 11 heteroatoms. The second kappa shape index (κ2) is 11.2. The topological polar surface area (TPSA) is 155 Å². The molecule has 0 unspecified atom stereocenters. The summed E-state index contributed by atoms with van der Waals surface area (Å²) in [6, 6.07) is 11.5. The van der Waals surface area contributed by atoms with Crippen LogP contribution in [-0.4, -0.2) is 42.6 Å². The zero-order valence-electron chi connectivity index (χ0n) is 24.9. The number of amides is 2. The number of hydrogen-bond acceptors (Lipinski definition) is 6. The number of carboxylic acids is 1. The fourth-order valence-corrected chi connectivity index (χ4v) is 6.09. The van der Waals surface area contributed by atoms with E-state index in [0.717, 1.165) is 48.1 Å². The number of furan rings is 1. The number of nitrogens with zero attached hydrogens (tertiary/aromatic N) is 3. The first-order valence-corrected chi connectivity index (χ1v) is 14.7. The van der Waals surface area contributed by atoms with Gasteiger partial charge >= 0.3 is 5.97 Å². The highest BCUT2D eigenvalue weighted by atomic mass is 16.5. The highest BCUT2D eigenvalue weighted by Crippen LogP contribution is 2.37. The normalized spacial score (nSPS) is 15.0. The van der Waals surface area contributed by atoms with Crippen molar-refractivity contribution in [1.82, 2.24) is 19.4 Å². The van der Waals surface area contributed by atoms with Crippen LogP contribution in [-0.2, 0) is 16.6 Å². The van der Waals surface area contributed by atoms with Crippen molar-refractivity contribution in [3.8, 4) is 17.1 Å². The molecule has 3 aromatic heterocycles. The van der Waals surface area contributed by atoms with Crippen molar-refractivity contribution in [3.63, 3.8) is 0 Å². The minimum Gasteiger partial charge on any atom is -0.478 e. The van der Waals surface area contributed by atoms with Crippen LogP contribution in [0.25, 0.3) is 33.3 Å². The number of nitrogens with two attached hydrogens (primary N) is 1. The van der Waals surface area contributed by atoms with Crippen LogP contribution in [0.4, 0.5) is 0 Å². The van der Waals surface area contributed by atoms with Gasteiger partial charge in [-0.15, -0.1) is 0 Å². The quantitative estimate of drug-likeness (QED) is 0.203. The van der Waals surface area contributed by atoms with Crippen LogP contribution in [0.1, 0.15) is 74.0 Å². The third-order valence-electron chi connectivity index (χ3n) is 8.42. The van der Waals surface area contributed by atoms with Crippen molar-refractivity contribution in [1.29, 1.82) is 0 Å². The molecule has 0 radical (unpaired) electrons. The Labute approximate surface area is 253 Å². The van der Waals surface area contributed by atoms with Gasteiger partial charge in [-0.2, -0.15) is 0 Å². The van der Waals surface area contributed by atoms with Crippen LogP contribution in [0.5, 0.6) is 5.75 Å². The Morgan fingerprint density at radius 1 is 1.09 bits per heavy atom. The number of benzene rings is 2. The number of nitrogens with one attached hydrogen (secondary N) is 1. The molecule has 5 aromatic rings. The summed E-state index contributed by atoms with van der Waals surface area (Å²) < 4.78 is 15.1. The smallest absolute Gasteiger partial charge is 0.347 e. The number of aromatic nitrogens is 3. The fourth-order valence-electron chi connectivity index (χ4n) is 6.09. The van der Waals surface area contributed by atoms with Crippen LogP contribution in [0.3, 0.4) is 0 Å². The number of aryl methyl sites for hydroxylation is 1. The van der Waals surface area contributed by atoms with E-state index in [1.54, 1.807) is 53.6 Å². The summed E-state index contributed by atoms with van der Waals surface area (Å²) >= 11 is 0. The van der Waals surface area contributed by atoms with Gasteiger partial charge in [0.1, 0.15) is 23.9 Å². The second-order valence-corrected chi connectivity index (χ2v) is 11.9. The van der Waals surface area contributed by atoms with Gasteiger partial charge in [0.25, 0.3) is 5.91 Å². The number of rotatable bonds is 9. The van der Waals surface area contributed by atoms with Crippen molar-refractivity contribution in [2.24, 2.45) is 12.8 Å². The molecule has 1 aliphatic rings. The average Bonchev–Trinajstić information content (AvgIpc) is 3.73. The third-order valence-corrected chi connectivity index (χ3v) is 8.42. The molecule has 3 heterocycles. The lowest BCUT2D eigenvalue weighted by Gasteiger charge is -2.25. The van der Waals surface area contributed by atoms with Gasteiger partial charge in [-0.05, 0) is 69.2 Å². The lowest BCUT2D eigenvalue weighted by Crippen LogP contribution is -2.38. The summed E-state index contributed by atoms with van der Waals surface area (Å²) in [5.41, 5.74) is 8.38. The van der Waals surface area contributed by atoms with Gasteiger partial charge in [0.15, 0.2) is 5.60 Å². The molecule has 1 saturated carbocycles. The van der Waals surface area contributed by atoms with Crippen molar-refractivity contribution < 1.29 is 28.6 Å². The van der Waals surface area contributed by atoms with E-state index in [2.05, 4.69) is 9.88 Å². The molecule has 11 nitrogen and oxygen atoms in total. The fraction of sp³-hybridized carbons (Fsp3) is 0.333. The third kappa shape index (κ3) is 5.29. The van der Waals surface area contributed by atoms with E-state index in [0.29, 0.717) is 33.8 Å². The molecular formula is C33H35N5O6. The predicted octanol–water partition coefficient (Wildman–Crippen LogP) is 5.49. The first-order valence-electron chi connectivity index (χ1n) is 14.7. The monoisotopic (exact) mass is 597 g/mol. The summed E-state index contributed by atoms with van der Waals surface area (Å²) in [7, 11) is 1.81. The molecule has 1 atom stereocenters. The number of carboxylic acid groups (broad SMARTS) is 1. The minimum atomic E-state index is -1.47. The first kappa shape index (κ1) is 29.0. The van der Waals surface area contributed by atoms with E-state index < -0.39 is 29.4 Å². The second-order valence-electron chi connectivity index (χ2n) is 11.9. The van der Waals surface area contributed by atoms with E-state index in [9.17, 15) is 19.5 Å². The number of primary amides is 1. The molecule has 4 N–H and O–H groups in total. The van der Waals surface area contributed by atoms with Gasteiger partial charge in [0.05, 0.1) is 22.9 Å². The number of aliphatic carboxylic acids is 1. The lowest BCUT2D eigenvalue weighted by molar-refractivity contribution is -0.152. The Balaban J connectivity index is 1.34. The van der Waals surface area contributed by atoms with E-state index in [-0.39, 0.29) is 0 Å². The number of fused-ring (bicyclic) bond motifs is 2. The van der Waals surface area contributed by atoms with Crippen LogP contribution in [0.2, 0.25) is 0 Å². The maximum atomic E-state index is 13.6. The van der Waals surface area contributed by atoms with Gasteiger partial charge in [-0.25, -0.2) is 9.78 Å². The van der Waals surface area contributed by atoms with E-state index in [1.165, 1.54) is 20.3 Å². The maximum absolute atomic E-state index is 13.6. The number of carbonyl (C=O) groups excluding carboxylic acids is 2. The van der Waals surface area contributed by atoms with E-state index >= 15 is 0 Å². The zero-order valence-corrected chi connectivity index (χ0v) is 24.9. The van der Waals surface area contributed by atoms with Crippen molar-refractivity contribution in [2.45, 2.75) is 63.6 Å². The van der Waals surface area contributed by atoms with Gasteiger partial charge in [-0.1, -0.05) is 19.3 Å². The number of ether oxygens (including phenoxy) is 1. The van der Waals surface area contributed by atoms with Crippen LogP contribution in [0.15, 0.2) is 65.6 Å². The summed E-state index contributed by atoms with van der Waals surface area (Å²) in [6.45, 7) is 2.90. The first-order chi connectivity index (χ1) is 21.0. The summed E-state index contributed by atoms with van der Waals surface area (Å²) in [5.74, 6) is -1.24. The predicted molar refractivity (Wildman–Crippen MR) is 164 cm³/mol. The van der Waals surface area contributed by atoms with Gasteiger partial charge < -0.3 is 34.4 Å². The molecule has 0 spiro atoms. The Morgan fingerprint density at radius 2 is 1.84 bits per heavy atom. The molecule has 0 saturated heterocycles. The summed E-state index contributed by atoms with van der Waals surface area (Å²) in [5, 5.41) is 12.9. The largest absolute Gasteiger partial charge is 0.478 e. The standard InChI is InChI=1S/C33H35N5O6/c1-33(2,32(41)42)44-22-10-12-26-23(16-22)24(17-37(26)3)28(29(34)39)36-31(40)19-9-11-27-25(15-19)35-30(20-13-14-43-18-20)38(27)21-7-5-4-6-8-21/h9-18,21,28H,4-8H2,1-3H3,(H2,34,39)(H,36,40)(H,41,42)/t28-/m0/s1. The van der Waals surface area contributed by atoms with Gasteiger partial charge in [-0.3, -0.25) is 9.59 Å². The molecule has 0 bridgehead atoms. The Hall–Kier alpha value is -5.06. The molecule has 44 heavy (non-hydrogen) atoms. The molecule has 228 valence electrons. The molecular weight excluding hydrogens is 562 g/mol. The molecule has 6 rings (SSSR count). The number of imidazole rings is 1. The molecule has 1 aliphatic carbocycles. The van der Waals surface area contributed by atoms with Crippen LogP contribution in [0, 0.1) is 0 Å². The summed E-state index contributed by atoms with van der Waals surface area (Å²) in [4.78, 5) is 42.9.